The third-order valence-electron chi connectivity index (χ3n) is 7.92. The van der Waals surface area contributed by atoms with Gasteiger partial charge in [0.1, 0.15) is 6.33 Å². The van der Waals surface area contributed by atoms with E-state index >= 15 is 0 Å². The molecule has 0 bridgehead atoms. The number of aromatic nitrogens is 2. The minimum absolute atomic E-state index is 1.05. The first-order valence-corrected chi connectivity index (χ1v) is 13.8. The van der Waals surface area contributed by atoms with E-state index in [2.05, 4.69) is 122 Å². The number of nitrogens with zero attached hydrogens (tertiary/aromatic N) is 2. The maximum absolute atomic E-state index is 4.95. The fourth-order valence-electron chi connectivity index (χ4n) is 6.14. The molecule has 180 valence electrons. The maximum atomic E-state index is 4.95. The number of hydrogen-bond acceptors (Lipinski definition) is 2. The summed E-state index contributed by atoms with van der Waals surface area (Å²) in [5.74, 6) is 0. The minimum Gasteiger partial charge on any atom is -0.298 e. The smallest absolute Gasteiger partial charge is 0.100 e. The van der Waals surface area contributed by atoms with Gasteiger partial charge in [-0.1, -0.05) is 84.9 Å². The normalized spacial score (nSPS) is 11.9. The summed E-state index contributed by atoms with van der Waals surface area (Å²) in [6, 6.07) is 37.4. The molecule has 0 saturated heterocycles. The van der Waals surface area contributed by atoms with Crippen LogP contribution in [0.4, 0.5) is 0 Å². The monoisotopic (exact) mass is 504 g/mol. The molecule has 0 atom stereocenters. The van der Waals surface area contributed by atoms with Crippen molar-refractivity contribution in [2.45, 2.75) is 13.8 Å². The third kappa shape index (κ3) is 2.97. The van der Waals surface area contributed by atoms with Crippen LogP contribution in [-0.2, 0) is 0 Å². The van der Waals surface area contributed by atoms with E-state index in [0.29, 0.717) is 0 Å². The highest BCUT2D eigenvalue weighted by Gasteiger charge is 2.17. The largest absolute Gasteiger partial charge is 0.298 e. The van der Waals surface area contributed by atoms with Crippen molar-refractivity contribution < 1.29 is 0 Å². The molecule has 6 aromatic carbocycles. The molecule has 0 fully saturated rings. The van der Waals surface area contributed by atoms with Crippen molar-refractivity contribution in [1.82, 2.24) is 9.55 Å². The number of aryl methyl sites for hydroxylation is 2. The van der Waals surface area contributed by atoms with Crippen molar-refractivity contribution in [3.05, 3.63) is 121 Å². The number of hydrogen-bond donors (Lipinski definition) is 0. The Bertz CT molecular complexity index is 2210. The lowest BCUT2D eigenvalue weighted by Gasteiger charge is -2.16. The average molecular weight is 505 g/mol. The minimum atomic E-state index is 1.05. The number of benzene rings is 6. The van der Waals surface area contributed by atoms with Gasteiger partial charge in [0.25, 0.3) is 0 Å². The predicted octanol–water partition coefficient (Wildman–Crippen LogP) is 9.98. The Morgan fingerprint density at radius 2 is 1.24 bits per heavy atom. The van der Waals surface area contributed by atoms with Crippen LogP contribution in [-0.4, -0.2) is 9.55 Å². The Morgan fingerprint density at radius 3 is 2.05 bits per heavy atom. The highest BCUT2D eigenvalue weighted by molar-refractivity contribution is 7.26. The summed E-state index contributed by atoms with van der Waals surface area (Å²) in [4.78, 5) is 4.95. The highest BCUT2D eigenvalue weighted by atomic mass is 32.1. The Labute approximate surface area is 224 Å². The van der Waals surface area contributed by atoms with Gasteiger partial charge in [0.05, 0.1) is 16.7 Å². The van der Waals surface area contributed by atoms with Crippen LogP contribution in [0.25, 0.3) is 69.6 Å². The molecule has 0 aliphatic carbocycles. The van der Waals surface area contributed by atoms with Gasteiger partial charge in [-0.05, 0) is 65.1 Å². The molecule has 0 amide bonds. The zero-order valence-electron chi connectivity index (χ0n) is 21.2. The third-order valence-corrected chi connectivity index (χ3v) is 9.14. The van der Waals surface area contributed by atoms with Gasteiger partial charge in [-0.25, -0.2) is 4.98 Å². The van der Waals surface area contributed by atoms with Gasteiger partial charge < -0.3 is 0 Å². The summed E-state index contributed by atoms with van der Waals surface area (Å²) >= 11 is 1.89. The fraction of sp³-hybridized carbons (Fsp3) is 0.0571. The molecule has 0 aliphatic rings. The molecule has 2 nitrogen and oxygen atoms in total. The van der Waals surface area contributed by atoms with E-state index in [0.717, 1.165) is 5.52 Å². The summed E-state index contributed by atoms with van der Waals surface area (Å²) in [5, 5.41) is 7.62. The van der Waals surface area contributed by atoms with Crippen molar-refractivity contribution in [2.75, 3.05) is 0 Å². The molecule has 0 spiro atoms. The first-order chi connectivity index (χ1) is 18.7. The second-order valence-electron chi connectivity index (χ2n) is 10.1. The van der Waals surface area contributed by atoms with Gasteiger partial charge in [-0.3, -0.25) is 4.57 Å². The second kappa shape index (κ2) is 8.01. The lowest BCUT2D eigenvalue weighted by molar-refractivity contribution is 1.07. The maximum Gasteiger partial charge on any atom is 0.100 e. The van der Waals surface area contributed by atoms with Crippen LogP contribution in [0.3, 0.4) is 0 Å². The predicted molar refractivity (Wildman–Crippen MR) is 164 cm³/mol. The molecule has 3 heteroatoms. The second-order valence-corrected chi connectivity index (χ2v) is 11.2. The zero-order chi connectivity index (χ0) is 25.4. The van der Waals surface area contributed by atoms with E-state index < -0.39 is 0 Å². The summed E-state index contributed by atoms with van der Waals surface area (Å²) in [6.07, 6.45) is 2.00. The van der Waals surface area contributed by atoms with Crippen LogP contribution in [0.15, 0.2) is 109 Å². The number of thiophene rings is 1. The number of imidazole rings is 1. The van der Waals surface area contributed by atoms with E-state index in [9.17, 15) is 0 Å². The summed E-state index contributed by atoms with van der Waals surface area (Å²) in [5.41, 5.74) is 8.50. The molecule has 0 unspecified atom stereocenters. The van der Waals surface area contributed by atoms with E-state index in [1.807, 2.05) is 17.7 Å². The van der Waals surface area contributed by atoms with Crippen molar-refractivity contribution in [1.29, 1.82) is 0 Å². The van der Waals surface area contributed by atoms with Gasteiger partial charge in [0.15, 0.2) is 0 Å². The van der Waals surface area contributed by atoms with E-state index in [4.69, 9.17) is 4.98 Å². The molecule has 0 N–H and O–H groups in total. The van der Waals surface area contributed by atoms with Crippen molar-refractivity contribution >= 4 is 64.1 Å². The molecular weight excluding hydrogens is 480 g/mol. The molecule has 8 rings (SSSR count). The van der Waals surface area contributed by atoms with Crippen LogP contribution in [0.5, 0.6) is 0 Å². The molecule has 2 heterocycles. The van der Waals surface area contributed by atoms with Gasteiger partial charge in [0, 0.05) is 30.9 Å². The van der Waals surface area contributed by atoms with Gasteiger partial charge in [0.2, 0.25) is 0 Å². The Hall–Kier alpha value is -4.47. The molecule has 8 aromatic rings. The summed E-state index contributed by atoms with van der Waals surface area (Å²) in [6.45, 7) is 4.45. The molecule has 38 heavy (non-hydrogen) atoms. The Kier molecular flexibility index (Phi) is 4.55. The van der Waals surface area contributed by atoms with Crippen LogP contribution in [0.2, 0.25) is 0 Å². The van der Waals surface area contributed by atoms with E-state index in [1.54, 1.807) is 0 Å². The average Bonchev–Trinajstić information content (AvgIpc) is 3.57. The standard InChI is InChI=1S/C35H24N2S/c1-21-19-31(22(2)18-30(21)29-16-9-15-28-25-12-7-8-17-32(25)38-35(28)29)37-20-36-33-26-13-5-3-10-23(26)24-11-4-6-14-27(24)34(33)37/h3-20H,1-2H3. The van der Waals surface area contributed by atoms with Crippen LogP contribution < -0.4 is 0 Å². The van der Waals surface area contributed by atoms with Crippen molar-refractivity contribution in [3.8, 4) is 16.8 Å². The molecule has 0 saturated carbocycles. The van der Waals surface area contributed by atoms with Crippen LogP contribution in [0, 0.1) is 13.8 Å². The molecule has 2 aromatic heterocycles. The van der Waals surface area contributed by atoms with Gasteiger partial charge >= 0.3 is 0 Å². The first-order valence-electron chi connectivity index (χ1n) is 13.0. The molecule has 0 aliphatic heterocycles. The van der Waals surface area contributed by atoms with Crippen molar-refractivity contribution in [2.24, 2.45) is 0 Å². The Morgan fingerprint density at radius 1 is 0.579 bits per heavy atom. The molecular formula is C35H24N2S. The molecule has 0 radical (unpaired) electrons. The summed E-state index contributed by atoms with van der Waals surface area (Å²) < 4.78 is 4.98. The van der Waals surface area contributed by atoms with Gasteiger partial charge in [-0.15, -0.1) is 11.3 Å². The number of rotatable bonds is 2. The highest BCUT2D eigenvalue weighted by Crippen LogP contribution is 2.42. The first kappa shape index (κ1) is 21.6. The van der Waals surface area contributed by atoms with Crippen LogP contribution >= 0.6 is 11.3 Å². The van der Waals surface area contributed by atoms with E-state index in [1.165, 1.54) is 75.2 Å². The lowest BCUT2D eigenvalue weighted by atomic mass is 9.95. The lowest BCUT2D eigenvalue weighted by Crippen LogP contribution is -1.99. The van der Waals surface area contributed by atoms with Crippen molar-refractivity contribution in [3.63, 3.8) is 0 Å². The van der Waals surface area contributed by atoms with Gasteiger partial charge in [-0.2, -0.15) is 0 Å². The Balaban J connectivity index is 1.38. The number of fused-ring (bicyclic) bond motifs is 9. The summed E-state index contributed by atoms with van der Waals surface area (Å²) in [7, 11) is 0. The fourth-order valence-corrected chi connectivity index (χ4v) is 7.37. The zero-order valence-corrected chi connectivity index (χ0v) is 22.0. The van der Waals surface area contributed by atoms with E-state index in [-0.39, 0.29) is 0 Å². The topological polar surface area (TPSA) is 17.8 Å². The quantitative estimate of drug-likeness (QED) is 0.214. The SMILES string of the molecule is Cc1cc(-n2cnc3c4ccccc4c4ccccc4c32)c(C)cc1-c1cccc2c1sc1ccccc12. The van der Waals surface area contributed by atoms with Crippen LogP contribution in [0.1, 0.15) is 11.1 Å².